The number of H-pyrrole nitrogens is 1. The molecule has 214 valence electrons. The number of fused-ring (bicyclic) bond motifs is 1. The molecule has 4 aromatic rings. The Morgan fingerprint density at radius 1 is 0.854 bits per heavy atom. The lowest BCUT2D eigenvalue weighted by Crippen LogP contribution is -2.30. The number of hydrogen-bond acceptors (Lipinski definition) is 3. The largest absolute Gasteiger partial charge is 0.457 e. The van der Waals surface area contributed by atoms with Gasteiger partial charge >= 0.3 is 0 Å². The van der Waals surface area contributed by atoms with Crippen LogP contribution in [0.15, 0.2) is 79.4 Å². The zero-order valence-corrected chi connectivity index (χ0v) is 24.0. The van der Waals surface area contributed by atoms with Gasteiger partial charge in [-0.15, -0.1) is 0 Å². The van der Waals surface area contributed by atoms with E-state index in [1.165, 1.54) is 76.0 Å². The molecule has 0 aliphatic heterocycles. The van der Waals surface area contributed by atoms with Gasteiger partial charge in [0.2, 0.25) is 0 Å². The van der Waals surface area contributed by atoms with Crippen LogP contribution in [-0.2, 0) is 0 Å². The second-order valence-corrected chi connectivity index (χ2v) is 12.2. The minimum Gasteiger partial charge on any atom is -0.457 e. The van der Waals surface area contributed by atoms with Gasteiger partial charge in [-0.1, -0.05) is 62.6 Å². The summed E-state index contributed by atoms with van der Waals surface area (Å²) >= 11 is 0. The number of ether oxygens (including phenoxy) is 1. The predicted molar refractivity (Wildman–Crippen MR) is 165 cm³/mol. The van der Waals surface area contributed by atoms with Crippen LogP contribution >= 0.6 is 0 Å². The third kappa shape index (κ3) is 6.83. The van der Waals surface area contributed by atoms with E-state index in [-0.39, 0.29) is 5.82 Å². The molecule has 0 radical (unpaired) electrons. The summed E-state index contributed by atoms with van der Waals surface area (Å²) in [6.45, 7) is 5.35. The van der Waals surface area contributed by atoms with Crippen LogP contribution in [0.25, 0.3) is 16.6 Å². The first-order chi connectivity index (χ1) is 20.1. The zero-order valence-electron chi connectivity index (χ0n) is 24.0. The van der Waals surface area contributed by atoms with Gasteiger partial charge in [0, 0.05) is 40.9 Å². The van der Waals surface area contributed by atoms with Crippen LogP contribution in [0.2, 0.25) is 0 Å². The standard InChI is InChI=1S/C36H42FN3O/c1-25(29-10-7-13-33(22-29)41-32-11-3-2-4-12-32)38-24-30-9-6-5-8-27(30)17-14-26-15-18-28(19-16-26)36-34-21-20-31(37)23-35(34)39-40-36/h2-4,7,10-13,20-23,26-28,30,38H,1,5-6,8-9,14-19,24H2,(H,39,40)/t26?,27?,28?,30-/m0/s1. The van der Waals surface area contributed by atoms with Crippen molar-refractivity contribution in [2.24, 2.45) is 17.8 Å². The fourth-order valence-corrected chi connectivity index (χ4v) is 7.17. The number of benzene rings is 3. The Morgan fingerprint density at radius 2 is 1.63 bits per heavy atom. The lowest BCUT2D eigenvalue weighted by molar-refractivity contribution is 0.197. The molecule has 0 amide bonds. The van der Waals surface area contributed by atoms with E-state index in [0.29, 0.717) is 11.8 Å². The number of hydrogen-bond donors (Lipinski definition) is 2. The van der Waals surface area contributed by atoms with Gasteiger partial charge in [0.25, 0.3) is 0 Å². The van der Waals surface area contributed by atoms with Crippen molar-refractivity contribution < 1.29 is 9.13 Å². The van der Waals surface area contributed by atoms with E-state index in [1.54, 1.807) is 6.07 Å². The highest BCUT2D eigenvalue weighted by atomic mass is 19.1. The van der Waals surface area contributed by atoms with Crippen molar-refractivity contribution in [3.05, 3.63) is 96.4 Å². The second-order valence-electron chi connectivity index (χ2n) is 12.2. The maximum absolute atomic E-state index is 13.6. The fourth-order valence-electron chi connectivity index (χ4n) is 7.17. The molecule has 1 heterocycles. The Bertz CT molecular complexity index is 1440. The number of aromatic nitrogens is 2. The highest BCUT2D eigenvalue weighted by molar-refractivity contribution is 5.81. The van der Waals surface area contributed by atoms with E-state index in [4.69, 9.17) is 4.74 Å². The maximum atomic E-state index is 13.6. The van der Waals surface area contributed by atoms with E-state index in [9.17, 15) is 4.39 Å². The van der Waals surface area contributed by atoms with E-state index in [2.05, 4.69) is 34.2 Å². The van der Waals surface area contributed by atoms with Crippen molar-refractivity contribution in [2.45, 2.75) is 70.1 Å². The Morgan fingerprint density at radius 3 is 2.46 bits per heavy atom. The van der Waals surface area contributed by atoms with Crippen molar-refractivity contribution in [3.8, 4) is 11.5 Å². The number of nitrogens with zero attached hydrogens (tertiary/aromatic N) is 1. The second kappa shape index (κ2) is 12.9. The van der Waals surface area contributed by atoms with Crippen molar-refractivity contribution in [1.82, 2.24) is 15.5 Å². The van der Waals surface area contributed by atoms with Crippen LogP contribution in [0.3, 0.4) is 0 Å². The van der Waals surface area contributed by atoms with E-state index < -0.39 is 0 Å². The van der Waals surface area contributed by atoms with Crippen molar-refractivity contribution in [2.75, 3.05) is 6.54 Å². The summed E-state index contributed by atoms with van der Waals surface area (Å²) in [6.07, 6.45) is 13.0. The van der Waals surface area contributed by atoms with Gasteiger partial charge in [-0.3, -0.25) is 5.10 Å². The molecule has 2 atom stereocenters. The molecule has 3 aromatic carbocycles. The zero-order chi connectivity index (χ0) is 28.0. The molecule has 2 saturated carbocycles. The van der Waals surface area contributed by atoms with Gasteiger partial charge in [-0.2, -0.15) is 5.10 Å². The van der Waals surface area contributed by atoms with Gasteiger partial charge < -0.3 is 10.1 Å². The number of halogens is 1. The summed E-state index contributed by atoms with van der Waals surface area (Å²) in [4.78, 5) is 0. The molecule has 1 unspecified atom stereocenters. The summed E-state index contributed by atoms with van der Waals surface area (Å²) in [5, 5.41) is 12.4. The van der Waals surface area contributed by atoms with E-state index >= 15 is 0 Å². The quantitative estimate of drug-likeness (QED) is 0.206. The first-order valence-corrected chi connectivity index (χ1v) is 15.5. The summed E-state index contributed by atoms with van der Waals surface area (Å²) < 4.78 is 19.6. The molecule has 2 aliphatic rings. The summed E-state index contributed by atoms with van der Waals surface area (Å²) in [7, 11) is 0. The SMILES string of the molecule is C=C(NC[C@@H]1CCCCC1CCC1CCC(c2[nH]nc3cc(F)ccc23)CC1)c1cccc(Oc2ccccc2)c1. The Labute approximate surface area is 243 Å². The van der Waals surface area contributed by atoms with Crippen LogP contribution < -0.4 is 10.1 Å². The molecule has 4 nitrogen and oxygen atoms in total. The smallest absolute Gasteiger partial charge is 0.128 e. The number of nitrogens with one attached hydrogen (secondary N) is 2. The number of aromatic amines is 1. The predicted octanol–water partition coefficient (Wildman–Crippen LogP) is 9.62. The summed E-state index contributed by atoms with van der Waals surface area (Å²) in [6, 6.07) is 23.1. The minimum absolute atomic E-state index is 0.220. The maximum Gasteiger partial charge on any atom is 0.128 e. The number of rotatable bonds is 10. The van der Waals surface area contributed by atoms with Gasteiger partial charge in [0.15, 0.2) is 0 Å². The molecule has 2 N–H and O–H groups in total. The first kappa shape index (κ1) is 27.6. The molecule has 2 fully saturated rings. The highest BCUT2D eigenvalue weighted by Gasteiger charge is 2.29. The van der Waals surface area contributed by atoms with Crippen LogP contribution in [0.4, 0.5) is 4.39 Å². The average molecular weight is 552 g/mol. The third-order valence-corrected chi connectivity index (χ3v) is 9.55. The Kier molecular flexibility index (Phi) is 8.69. The highest BCUT2D eigenvalue weighted by Crippen LogP contribution is 2.41. The van der Waals surface area contributed by atoms with Crippen LogP contribution in [-0.4, -0.2) is 16.7 Å². The van der Waals surface area contributed by atoms with Crippen molar-refractivity contribution >= 4 is 16.6 Å². The van der Waals surface area contributed by atoms with Crippen LogP contribution in [0.1, 0.15) is 81.4 Å². The minimum atomic E-state index is -0.220. The summed E-state index contributed by atoms with van der Waals surface area (Å²) in [5.41, 5.74) is 4.00. The molecule has 2 aliphatic carbocycles. The molecule has 1 aromatic heterocycles. The van der Waals surface area contributed by atoms with E-state index in [1.807, 2.05) is 48.5 Å². The van der Waals surface area contributed by atoms with Crippen molar-refractivity contribution in [3.63, 3.8) is 0 Å². The first-order valence-electron chi connectivity index (χ1n) is 15.5. The Hall–Kier alpha value is -3.60. The van der Waals surface area contributed by atoms with Gasteiger partial charge in [0.1, 0.15) is 17.3 Å². The van der Waals surface area contributed by atoms with Gasteiger partial charge in [0.05, 0.1) is 5.52 Å². The van der Waals surface area contributed by atoms with E-state index in [0.717, 1.165) is 52.0 Å². The topological polar surface area (TPSA) is 49.9 Å². The third-order valence-electron chi connectivity index (χ3n) is 9.55. The van der Waals surface area contributed by atoms with Gasteiger partial charge in [-0.25, -0.2) is 4.39 Å². The molecule has 0 spiro atoms. The molecule has 0 saturated heterocycles. The molecule has 5 heteroatoms. The normalized spacial score (nSPS) is 22.9. The monoisotopic (exact) mass is 551 g/mol. The molecular formula is C36H42FN3O. The molecule has 6 rings (SSSR count). The van der Waals surface area contributed by atoms with Crippen LogP contribution in [0, 0.1) is 23.6 Å². The van der Waals surface area contributed by atoms with Gasteiger partial charge in [-0.05, 0) is 92.7 Å². The summed E-state index contributed by atoms with van der Waals surface area (Å²) in [5.74, 6) is 4.28. The fraction of sp³-hybridized carbons (Fsp3) is 0.417. The molecule has 41 heavy (non-hydrogen) atoms. The average Bonchev–Trinajstić information content (AvgIpc) is 3.43. The van der Waals surface area contributed by atoms with Crippen molar-refractivity contribution in [1.29, 1.82) is 0 Å². The molecular weight excluding hydrogens is 509 g/mol. The molecule has 0 bridgehead atoms. The number of para-hydroxylation sites is 1. The van der Waals surface area contributed by atoms with Crippen LogP contribution in [0.5, 0.6) is 11.5 Å². The lowest BCUT2D eigenvalue weighted by Gasteiger charge is -2.34. The lowest BCUT2D eigenvalue weighted by atomic mass is 9.73. The Balaban J connectivity index is 0.978.